The number of nitrogens with zero attached hydrogens (tertiary/aromatic N) is 1. The van der Waals surface area contributed by atoms with Gasteiger partial charge < -0.3 is 10.1 Å². The summed E-state index contributed by atoms with van der Waals surface area (Å²) in [6.45, 7) is 15.7. The van der Waals surface area contributed by atoms with E-state index in [-0.39, 0.29) is 0 Å². The van der Waals surface area contributed by atoms with Crippen molar-refractivity contribution in [1.29, 1.82) is 0 Å². The van der Waals surface area contributed by atoms with E-state index in [2.05, 4.69) is 37.9 Å². The van der Waals surface area contributed by atoms with E-state index in [1.807, 2.05) is 0 Å². The summed E-state index contributed by atoms with van der Waals surface area (Å²) in [7, 11) is 0. The first kappa shape index (κ1) is 17.9. The predicted molar refractivity (Wildman–Crippen MR) is 87.3 cm³/mol. The van der Waals surface area contributed by atoms with E-state index in [1.165, 1.54) is 45.2 Å². The summed E-state index contributed by atoms with van der Waals surface area (Å²) >= 11 is 0. The summed E-state index contributed by atoms with van der Waals surface area (Å²) in [5.41, 5.74) is 0.340. The Morgan fingerprint density at radius 3 is 2.60 bits per heavy atom. The van der Waals surface area contributed by atoms with Gasteiger partial charge in [-0.25, -0.2) is 0 Å². The maximum atomic E-state index is 5.74. The molecule has 0 radical (unpaired) electrons. The quantitative estimate of drug-likeness (QED) is 0.589. The fourth-order valence-corrected chi connectivity index (χ4v) is 3.01. The van der Waals surface area contributed by atoms with E-state index < -0.39 is 0 Å². The zero-order chi connectivity index (χ0) is 14.8. The van der Waals surface area contributed by atoms with E-state index in [0.29, 0.717) is 11.5 Å². The SMILES string of the molecule is CCCCN(CC1(CNCCC)CCOC1)C(C)CC. The molecule has 3 heteroatoms. The lowest BCUT2D eigenvalue weighted by molar-refractivity contribution is 0.0866. The van der Waals surface area contributed by atoms with Crippen molar-refractivity contribution < 1.29 is 4.74 Å². The van der Waals surface area contributed by atoms with Crippen molar-refractivity contribution >= 4 is 0 Å². The number of hydrogen-bond donors (Lipinski definition) is 1. The molecule has 0 aliphatic carbocycles. The van der Waals surface area contributed by atoms with Crippen LogP contribution in [0.15, 0.2) is 0 Å². The van der Waals surface area contributed by atoms with Gasteiger partial charge in [0.1, 0.15) is 0 Å². The molecule has 0 aromatic carbocycles. The van der Waals surface area contributed by atoms with Crippen LogP contribution in [-0.2, 0) is 4.74 Å². The molecule has 0 saturated carbocycles. The largest absolute Gasteiger partial charge is 0.381 e. The summed E-state index contributed by atoms with van der Waals surface area (Å²) in [4.78, 5) is 2.70. The monoisotopic (exact) mass is 284 g/mol. The minimum Gasteiger partial charge on any atom is -0.381 e. The molecule has 0 amide bonds. The maximum Gasteiger partial charge on any atom is 0.0547 e. The molecule has 3 nitrogen and oxygen atoms in total. The standard InChI is InChI=1S/C17H36N2O/c1-5-8-11-19(16(4)7-3)14-17(9-12-20-15-17)13-18-10-6-2/h16,18H,5-15H2,1-4H3. The molecule has 0 aromatic heterocycles. The van der Waals surface area contributed by atoms with E-state index in [1.54, 1.807) is 0 Å². The summed E-state index contributed by atoms with van der Waals surface area (Å²) in [6, 6.07) is 0.685. The first-order chi connectivity index (χ1) is 9.67. The van der Waals surface area contributed by atoms with Crippen molar-refractivity contribution in [3.8, 4) is 0 Å². The van der Waals surface area contributed by atoms with Crippen LogP contribution in [0.2, 0.25) is 0 Å². The molecule has 1 fully saturated rings. The third kappa shape index (κ3) is 5.71. The number of ether oxygens (including phenoxy) is 1. The summed E-state index contributed by atoms with van der Waals surface area (Å²) < 4.78 is 5.74. The van der Waals surface area contributed by atoms with Gasteiger partial charge in [-0.15, -0.1) is 0 Å². The molecule has 1 saturated heterocycles. The Hall–Kier alpha value is -0.120. The zero-order valence-corrected chi connectivity index (χ0v) is 14.2. The normalized spacial score (nSPS) is 24.4. The van der Waals surface area contributed by atoms with Gasteiger partial charge in [0, 0.05) is 31.2 Å². The van der Waals surface area contributed by atoms with Gasteiger partial charge in [0.05, 0.1) is 6.61 Å². The van der Waals surface area contributed by atoms with Crippen LogP contribution < -0.4 is 5.32 Å². The van der Waals surface area contributed by atoms with Crippen LogP contribution in [-0.4, -0.2) is 50.3 Å². The molecule has 1 rings (SSSR count). The van der Waals surface area contributed by atoms with E-state index in [0.717, 1.165) is 26.3 Å². The molecule has 0 aromatic rings. The van der Waals surface area contributed by atoms with E-state index in [4.69, 9.17) is 4.74 Å². The average molecular weight is 284 g/mol. The summed E-state index contributed by atoms with van der Waals surface area (Å²) in [6.07, 6.45) is 6.25. The molecule has 120 valence electrons. The summed E-state index contributed by atoms with van der Waals surface area (Å²) in [5, 5.41) is 3.63. The zero-order valence-electron chi connectivity index (χ0n) is 14.2. The van der Waals surface area contributed by atoms with Crippen LogP contribution in [0.5, 0.6) is 0 Å². The Kier molecular flexibility index (Phi) is 8.74. The van der Waals surface area contributed by atoms with Crippen LogP contribution in [0.3, 0.4) is 0 Å². The molecule has 2 atom stereocenters. The lowest BCUT2D eigenvalue weighted by Crippen LogP contribution is -2.47. The van der Waals surface area contributed by atoms with Gasteiger partial charge >= 0.3 is 0 Å². The number of hydrogen-bond acceptors (Lipinski definition) is 3. The molecule has 20 heavy (non-hydrogen) atoms. The molecule has 1 aliphatic heterocycles. The lowest BCUT2D eigenvalue weighted by atomic mass is 9.85. The summed E-state index contributed by atoms with van der Waals surface area (Å²) in [5.74, 6) is 0. The minimum absolute atomic E-state index is 0.340. The van der Waals surface area contributed by atoms with Crippen molar-refractivity contribution in [2.45, 2.75) is 65.8 Å². The van der Waals surface area contributed by atoms with Gasteiger partial charge in [0.15, 0.2) is 0 Å². The lowest BCUT2D eigenvalue weighted by Gasteiger charge is -2.37. The van der Waals surface area contributed by atoms with Crippen LogP contribution in [0.25, 0.3) is 0 Å². The van der Waals surface area contributed by atoms with Gasteiger partial charge in [-0.2, -0.15) is 0 Å². The third-order valence-electron chi connectivity index (χ3n) is 4.66. The van der Waals surface area contributed by atoms with Gasteiger partial charge in [-0.05, 0) is 45.7 Å². The Bertz CT molecular complexity index is 239. The highest BCUT2D eigenvalue weighted by atomic mass is 16.5. The number of nitrogens with one attached hydrogen (secondary N) is 1. The minimum atomic E-state index is 0.340. The molecule has 0 spiro atoms. The van der Waals surface area contributed by atoms with Crippen molar-refractivity contribution in [2.24, 2.45) is 5.41 Å². The second kappa shape index (κ2) is 9.75. The van der Waals surface area contributed by atoms with Crippen LogP contribution in [0.4, 0.5) is 0 Å². The molecular formula is C17H36N2O. The molecule has 1 heterocycles. The van der Waals surface area contributed by atoms with E-state index in [9.17, 15) is 0 Å². The topological polar surface area (TPSA) is 24.5 Å². The van der Waals surface area contributed by atoms with Gasteiger partial charge in [-0.1, -0.05) is 27.2 Å². The first-order valence-corrected chi connectivity index (χ1v) is 8.70. The Morgan fingerprint density at radius 2 is 2.05 bits per heavy atom. The third-order valence-corrected chi connectivity index (χ3v) is 4.66. The van der Waals surface area contributed by atoms with Crippen molar-refractivity contribution in [1.82, 2.24) is 10.2 Å². The Morgan fingerprint density at radius 1 is 1.25 bits per heavy atom. The number of unbranched alkanes of at least 4 members (excludes halogenated alkanes) is 1. The van der Waals surface area contributed by atoms with Crippen molar-refractivity contribution in [2.75, 3.05) is 39.4 Å². The predicted octanol–water partition coefficient (Wildman–Crippen LogP) is 3.29. The van der Waals surface area contributed by atoms with Crippen LogP contribution >= 0.6 is 0 Å². The second-order valence-corrected chi connectivity index (χ2v) is 6.56. The van der Waals surface area contributed by atoms with Gasteiger partial charge in [0.2, 0.25) is 0 Å². The smallest absolute Gasteiger partial charge is 0.0547 e. The molecule has 1 N–H and O–H groups in total. The van der Waals surface area contributed by atoms with Crippen LogP contribution in [0, 0.1) is 5.41 Å². The first-order valence-electron chi connectivity index (χ1n) is 8.70. The van der Waals surface area contributed by atoms with Gasteiger partial charge in [0.25, 0.3) is 0 Å². The molecule has 1 aliphatic rings. The Labute approximate surface area is 126 Å². The highest BCUT2D eigenvalue weighted by Crippen LogP contribution is 2.30. The van der Waals surface area contributed by atoms with E-state index >= 15 is 0 Å². The molecule has 0 bridgehead atoms. The second-order valence-electron chi connectivity index (χ2n) is 6.56. The molecule has 2 unspecified atom stereocenters. The Balaban J connectivity index is 2.59. The highest BCUT2D eigenvalue weighted by molar-refractivity contribution is 4.89. The number of rotatable bonds is 11. The maximum absolute atomic E-state index is 5.74. The fraction of sp³-hybridized carbons (Fsp3) is 1.00. The average Bonchev–Trinajstić information content (AvgIpc) is 2.92. The van der Waals surface area contributed by atoms with Crippen molar-refractivity contribution in [3.63, 3.8) is 0 Å². The van der Waals surface area contributed by atoms with Gasteiger partial charge in [-0.3, -0.25) is 4.90 Å². The fourth-order valence-electron chi connectivity index (χ4n) is 3.01. The molecular weight excluding hydrogens is 248 g/mol. The highest BCUT2D eigenvalue weighted by Gasteiger charge is 2.36. The van der Waals surface area contributed by atoms with Crippen molar-refractivity contribution in [3.05, 3.63) is 0 Å². The van der Waals surface area contributed by atoms with Crippen LogP contribution in [0.1, 0.15) is 59.8 Å².